The second kappa shape index (κ2) is 6.13. The van der Waals surface area contributed by atoms with Gasteiger partial charge in [0.15, 0.2) is 0 Å². The van der Waals surface area contributed by atoms with Gasteiger partial charge in [-0.3, -0.25) is 0 Å². The van der Waals surface area contributed by atoms with E-state index < -0.39 is 5.97 Å². The van der Waals surface area contributed by atoms with Crippen LogP contribution in [-0.2, 0) is 4.74 Å². The summed E-state index contributed by atoms with van der Waals surface area (Å²) in [4.78, 5) is 11.7. The summed E-state index contributed by atoms with van der Waals surface area (Å²) in [5.41, 5.74) is 6.03. The molecule has 1 rings (SSSR count). The standard InChI is InChI=1S/C13H19NO3/c1-3-9(4-2)8-17-13(16)10-5-6-11(14)12(15)7-10/h5-7,9,15H,3-4,8,14H2,1-2H3. The van der Waals surface area contributed by atoms with Gasteiger partial charge in [-0.15, -0.1) is 0 Å². The van der Waals surface area contributed by atoms with Gasteiger partial charge >= 0.3 is 5.97 Å². The van der Waals surface area contributed by atoms with E-state index in [1.54, 1.807) is 6.07 Å². The first-order valence-corrected chi connectivity index (χ1v) is 5.84. The van der Waals surface area contributed by atoms with Gasteiger partial charge in [0, 0.05) is 0 Å². The number of esters is 1. The normalized spacial score (nSPS) is 10.5. The summed E-state index contributed by atoms with van der Waals surface area (Å²) in [5.74, 6) is -0.129. The molecule has 4 nitrogen and oxygen atoms in total. The van der Waals surface area contributed by atoms with E-state index >= 15 is 0 Å². The molecule has 0 amide bonds. The van der Waals surface area contributed by atoms with Gasteiger partial charge < -0.3 is 15.6 Å². The zero-order valence-electron chi connectivity index (χ0n) is 10.3. The van der Waals surface area contributed by atoms with Gasteiger partial charge in [0.25, 0.3) is 0 Å². The number of aromatic hydroxyl groups is 1. The Morgan fingerprint density at radius 2 is 2.06 bits per heavy atom. The van der Waals surface area contributed by atoms with E-state index in [-0.39, 0.29) is 11.4 Å². The fourth-order valence-electron chi connectivity index (χ4n) is 1.47. The lowest BCUT2D eigenvalue weighted by atomic mass is 10.1. The minimum absolute atomic E-state index is 0.0954. The van der Waals surface area contributed by atoms with Crippen LogP contribution in [0.2, 0.25) is 0 Å². The number of anilines is 1. The average molecular weight is 237 g/mol. The zero-order chi connectivity index (χ0) is 12.8. The fourth-order valence-corrected chi connectivity index (χ4v) is 1.47. The number of nitrogens with two attached hydrogens (primary N) is 1. The van der Waals surface area contributed by atoms with Gasteiger partial charge in [-0.25, -0.2) is 4.79 Å². The highest BCUT2D eigenvalue weighted by molar-refractivity contribution is 5.90. The van der Waals surface area contributed by atoms with Crippen LogP contribution in [-0.4, -0.2) is 17.7 Å². The smallest absolute Gasteiger partial charge is 0.338 e. The maximum absolute atomic E-state index is 11.7. The Balaban J connectivity index is 2.61. The molecule has 0 fully saturated rings. The summed E-state index contributed by atoms with van der Waals surface area (Å²) in [6.45, 7) is 4.55. The van der Waals surface area contributed by atoms with Crippen molar-refractivity contribution in [2.24, 2.45) is 5.92 Å². The summed E-state index contributed by atoms with van der Waals surface area (Å²) in [6, 6.07) is 4.36. The third-order valence-corrected chi connectivity index (χ3v) is 2.87. The molecule has 94 valence electrons. The number of hydrogen-bond acceptors (Lipinski definition) is 4. The molecule has 17 heavy (non-hydrogen) atoms. The average Bonchev–Trinajstić information content (AvgIpc) is 2.33. The highest BCUT2D eigenvalue weighted by Crippen LogP contribution is 2.21. The van der Waals surface area contributed by atoms with E-state index in [1.165, 1.54) is 12.1 Å². The van der Waals surface area contributed by atoms with Crippen LogP contribution >= 0.6 is 0 Å². The number of benzene rings is 1. The summed E-state index contributed by atoms with van der Waals surface area (Å²) in [7, 11) is 0. The summed E-state index contributed by atoms with van der Waals surface area (Å²) in [6.07, 6.45) is 1.97. The predicted octanol–water partition coefficient (Wildman–Crippen LogP) is 2.57. The van der Waals surface area contributed by atoms with E-state index in [9.17, 15) is 9.90 Å². The van der Waals surface area contributed by atoms with Crippen molar-refractivity contribution in [2.45, 2.75) is 26.7 Å². The van der Waals surface area contributed by atoms with Crippen molar-refractivity contribution < 1.29 is 14.6 Å². The maximum atomic E-state index is 11.7. The number of ether oxygens (including phenoxy) is 1. The molecule has 0 radical (unpaired) electrons. The van der Waals surface area contributed by atoms with Crippen molar-refractivity contribution in [3.63, 3.8) is 0 Å². The van der Waals surface area contributed by atoms with Crippen LogP contribution in [0.5, 0.6) is 5.75 Å². The highest BCUT2D eigenvalue weighted by Gasteiger charge is 2.12. The molecular weight excluding hydrogens is 218 g/mol. The lowest BCUT2D eigenvalue weighted by Crippen LogP contribution is -2.13. The number of rotatable bonds is 5. The molecule has 0 saturated carbocycles. The Morgan fingerprint density at radius 1 is 1.41 bits per heavy atom. The molecule has 0 aliphatic rings. The SMILES string of the molecule is CCC(CC)COC(=O)c1ccc(N)c(O)c1. The number of phenols is 1. The summed E-state index contributed by atoms with van der Waals surface area (Å²) >= 11 is 0. The molecule has 0 aliphatic heterocycles. The number of nitrogen functional groups attached to an aromatic ring is 1. The molecule has 1 aromatic carbocycles. The molecule has 3 N–H and O–H groups in total. The van der Waals surface area contributed by atoms with Gasteiger partial charge in [-0.1, -0.05) is 26.7 Å². The van der Waals surface area contributed by atoms with Gasteiger partial charge in [0.2, 0.25) is 0 Å². The van der Waals surface area contributed by atoms with Gasteiger partial charge in [-0.05, 0) is 24.1 Å². The molecule has 0 bridgehead atoms. The van der Waals surface area contributed by atoms with Crippen molar-refractivity contribution in [1.29, 1.82) is 0 Å². The van der Waals surface area contributed by atoms with Crippen LogP contribution in [0, 0.1) is 5.92 Å². The van der Waals surface area contributed by atoms with Crippen LogP contribution in [0.25, 0.3) is 0 Å². The molecular formula is C13H19NO3. The number of carbonyl (C=O) groups excluding carboxylic acids is 1. The Kier molecular flexibility index (Phi) is 4.82. The van der Waals surface area contributed by atoms with Crippen molar-refractivity contribution >= 4 is 11.7 Å². The van der Waals surface area contributed by atoms with Crippen LogP contribution in [0.1, 0.15) is 37.0 Å². The van der Waals surface area contributed by atoms with Crippen LogP contribution in [0.15, 0.2) is 18.2 Å². The molecule has 0 unspecified atom stereocenters. The third kappa shape index (κ3) is 3.66. The molecule has 0 aromatic heterocycles. The van der Waals surface area contributed by atoms with Gasteiger partial charge in [0.1, 0.15) is 5.75 Å². The molecule has 1 aromatic rings. The van der Waals surface area contributed by atoms with Crippen molar-refractivity contribution in [3.05, 3.63) is 23.8 Å². The van der Waals surface area contributed by atoms with Crippen molar-refractivity contribution in [1.82, 2.24) is 0 Å². The molecule has 0 saturated heterocycles. The van der Waals surface area contributed by atoms with Crippen LogP contribution in [0.3, 0.4) is 0 Å². The summed E-state index contributed by atoms with van der Waals surface area (Å²) < 4.78 is 5.18. The Labute approximate surface area is 101 Å². The Bertz CT molecular complexity index is 386. The summed E-state index contributed by atoms with van der Waals surface area (Å²) in [5, 5.41) is 9.39. The quantitative estimate of drug-likeness (QED) is 0.469. The minimum atomic E-state index is -0.424. The Morgan fingerprint density at radius 3 is 2.59 bits per heavy atom. The second-order valence-corrected chi connectivity index (χ2v) is 4.05. The molecule has 0 spiro atoms. The van der Waals surface area contributed by atoms with Gasteiger partial charge in [-0.2, -0.15) is 0 Å². The zero-order valence-corrected chi connectivity index (χ0v) is 10.3. The fraction of sp³-hybridized carbons (Fsp3) is 0.462. The van der Waals surface area contributed by atoms with E-state index in [0.29, 0.717) is 18.1 Å². The van der Waals surface area contributed by atoms with E-state index in [1.807, 2.05) is 0 Å². The van der Waals surface area contributed by atoms with Crippen molar-refractivity contribution in [2.75, 3.05) is 12.3 Å². The minimum Gasteiger partial charge on any atom is -0.506 e. The predicted molar refractivity (Wildman–Crippen MR) is 66.9 cm³/mol. The largest absolute Gasteiger partial charge is 0.506 e. The molecule has 4 heteroatoms. The topological polar surface area (TPSA) is 72.5 Å². The molecule has 0 aliphatic carbocycles. The van der Waals surface area contributed by atoms with E-state index in [0.717, 1.165) is 12.8 Å². The maximum Gasteiger partial charge on any atom is 0.338 e. The first kappa shape index (κ1) is 13.4. The Hall–Kier alpha value is -1.71. The first-order chi connectivity index (χ1) is 8.08. The van der Waals surface area contributed by atoms with Crippen LogP contribution < -0.4 is 5.73 Å². The van der Waals surface area contributed by atoms with Crippen molar-refractivity contribution in [3.8, 4) is 5.75 Å². The lowest BCUT2D eigenvalue weighted by molar-refractivity contribution is 0.0433. The highest BCUT2D eigenvalue weighted by atomic mass is 16.5. The monoisotopic (exact) mass is 237 g/mol. The first-order valence-electron chi connectivity index (χ1n) is 5.84. The number of carbonyl (C=O) groups is 1. The van der Waals surface area contributed by atoms with Crippen LogP contribution in [0.4, 0.5) is 5.69 Å². The lowest BCUT2D eigenvalue weighted by Gasteiger charge is -2.12. The molecule has 0 atom stereocenters. The molecule has 0 heterocycles. The van der Waals surface area contributed by atoms with Gasteiger partial charge in [0.05, 0.1) is 17.9 Å². The number of hydrogen-bond donors (Lipinski definition) is 2. The number of phenolic OH excluding ortho intramolecular Hbond substituents is 1. The van der Waals surface area contributed by atoms with E-state index in [2.05, 4.69) is 13.8 Å². The second-order valence-electron chi connectivity index (χ2n) is 4.05. The van der Waals surface area contributed by atoms with E-state index in [4.69, 9.17) is 10.5 Å². The third-order valence-electron chi connectivity index (χ3n) is 2.87.